The highest BCUT2D eigenvalue weighted by Crippen LogP contribution is 2.28. The van der Waals surface area contributed by atoms with E-state index >= 15 is 0 Å². The topological polar surface area (TPSA) is 38.3 Å². The first-order valence-electron chi connectivity index (χ1n) is 6.77. The van der Waals surface area contributed by atoms with Crippen LogP contribution < -0.4 is 10.1 Å². The van der Waals surface area contributed by atoms with E-state index in [0.717, 1.165) is 38.2 Å². The summed E-state index contributed by atoms with van der Waals surface area (Å²) in [5.74, 6) is 1.63. The van der Waals surface area contributed by atoms with E-state index in [1.165, 1.54) is 5.56 Å². The predicted octanol–water partition coefficient (Wildman–Crippen LogP) is 2.54. The van der Waals surface area contributed by atoms with Gasteiger partial charge in [-0.1, -0.05) is 25.1 Å². The van der Waals surface area contributed by atoms with Crippen molar-refractivity contribution in [3.63, 3.8) is 0 Å². The van der Waals surface area contributed by atoms with Gasteiger partial charge in [-0.25, -0.2) is 0 Å². The largest absolute Gasteiger partial charge is 0.493 e. The summed E-state index contributed by atoms with van der Waals surface area (Å²) >= 11 is 0. The summed E-state index contributed by atoms with van der Waals surface area (Å²) in [6.07, 6.45) is 3.53. The number of amides is 1. The minimum absolute atomic E-state index is 0.163. The first-order valence-corrected chi connectivity index (χ1v) is 6.77. The number of fused-ring (bicyclic) bond motifs is 1. The maximum atomic E-state index is 11.5. The molecular formula is C15H21NO2. The summed E-state index contributed by atoms with van der Waals surface area (Å²) in [6.45, 7) is 3.58. The Bertz CT molecular complexity index is 403. The van der Waals surface area contributed by atoms with Gasteiger partial charge in [0, 0.05) is 13.0 Å². The number of hydrogen-bond donors (Lipinski definition) is 1. The average molecular weight is 247 g/mol. The van der Waals surface area contributed by atoms with E-state index in [1.54, 1.807) is 0 Å². The van der Waals surface area contributed by atoms with Crippen LogP contribution in [-0.2, 0) is 11.2 Å². The zero-order chi connectivity index (χ0) is 12.8. The summed E-state index contributed by atoms with van der Waals surface area (Å²) in [4.78, 5) is 11.5. The Kier molecular flexibility index (Phi) is 4.62. The Morgan fingerprint density at radius 1 is 1.44 bits per heavy atom. The molecule has 0 aliphatic carbocycles. The minimum atomic E-state index is 0.163. The summed E-state index contributed by atoms with van der Waals surface area (Å²) in [5.41, 5.74) is 1.27. The van der Waals surface area contributed by atoms with Crippen LogP contribution in [0, 0.1) is 5.92 Å². The molecule has 98 valence electrons. The van der Waals surface area contributed by atoms with Gasteiger partial charge in [0.1, 0.15) is 5.75 Å². The third kappa shape index (κ3) is 3.49. The molecule has 18 heavy (non-hydrogen) atoms. The van der Waals surface area contributed by atoms with Crippen molar-refractivity contribution in [2.75, 3.05) is 13.2 Å². The normalized spacial score (nSPS) is 17.7. The molecule has 0 radical (unpaired) electrons. The Morgan fingerprint density at radius 2 is 2.28 bits per heavy atom. The van der Waals surface area contributed by atoms with Crippen molar-refractivity contribution >= 4 is 5.91 Å². The van der Waals surface area contributed by atoms with Crippen LogP contribution in [0.3, 0.4) is 0 Å². The lowest BCUT2D eigenvalue weighted by atomic mass is 9.93. The highest BCUT2D eigenvalue weighted by molar-refractivity contribution is 5.75. The monoisotopic (exact) mass is 247 g/mol. The molecule has 1 aromatic rings. The number of ether oxygens (including phenoxy) is 1. The third-order valence-electron chi connectivity index (χ3n) is 3.31. The summed E-state index contributed by atoms with van der Waals surface area (Å²) in [6, 6.07) is 8.16. The molecular weight excluding hydrogens is 226 g/mol. The summed E-state index contributed by atoms with van der Waals surface area (Å²) < 4.78 is 5.72. The fourth-order valence-corrected chi connectivity index (χ4v) is 2.26. The van der Waals surface area contributed by atoms with Crippen LogP contribution in [-0.4, -0.2) is 19.1 Å². The van der Waals surface area contributed by atoms with Crippen LogP contribution in [0.4, 0.5) is 0 Å². The van der Waals surface area contributed by atoms with Gasteiger partial charge in [-0.05, 0) is 36.8 Å². The standard InChI is InChI=1S/C15H21NO2/c1-2-9-16-15(17)8-7-12-10-13-5-3-4-6-14(13)18-11-12/h3-6,12H,2,7-11H2,1H3,(H,16,17). The van der Waals surface area contributed by atoms with Crippen LogP contribution >= 0.6 is 0 Å². The van der Waals surface area contributed by atoms with Crippen molar-refractivity contribution in [2.24, 2.45) is 5.92 Å². The molecule has 1 N–H and O–H groups in total. The second-order valence-corrected chi connectivity index (χ2v) is 4.88. The molecule has 0 spiro atoms. The molecule has 3 heteroatoms. The lowest BCUT2D eigenvalue weighted by Gasteiger charge is -2.25. The number of carbonyl (C=O) groups excluding carboxylic acids is 1. The molecule has 1 aliphatic heterocycles. The number of benzene rings is 1. The zero-order valence-electron chi connectivity index (χ0n) is 10.9. The van der Waals surface area contributed by atoms with Crippen LogP contribution in [0.2, 0.25) is 0 Å². The first-order chi connectivity index (χ1) is 8.79. The fourth-order valence-electron chi connectivity index (χ4n) is 2.26. The SMILES string of the molecule is CCCNC(=O)CCC1COc2ccccc2C1. The molecule has 3 nitrogen and oxygen atoms in total. The molecule has 1 unspecified atom stereocenters. The quantitative estimate of drug-likeness (QED) is 0.868. The maximum absolute atomic E-state index is 11.5. The Labute approximate surface area is 109 Å². The highest BCUT2D eigenvalue weighted by atomic mass is 16.5. The van der Waals surface area contributed by atoms with Crippen molar-refractivity contribution < 1.29 is 9.53 Å². The highest BCUT2D eigenvalue weighted by Gasteiger charge is 2.19. The van der Waals surface area contributed by atoms with E-state index in [9.17, 15) is 4.79 Å². The van der Waals surface area contributed by atoms with E-state index < -0.39 is 0 Å². The van der Waals surface area contributed by atoms with Crippen LogP contribution in [0.15, 0.2) is 24.3 Å². The lowest BCUT2D eigenvalue weighted by molar-refractivity contribution is -0.121. The van der Waals surface area contributed by atoms with E-state index in [0.29, 0.717) is 12.3 Å². The van der Waals surface area contributed by atoms with Gasteiger partial charge in [0.2, 0.25) is 5.91 Å². The molecule has 0 saturated heterocycles. The van der Waals surface area contributed by atoms with Gasteiger partial charge in [-0.3, -0.25) is 4.79 Å². The van der Waals surface area contributed by atoms with E-state index in [4.69, 9.17) is 4.74 Å². The first kappa shape index (κ1) is 12.9. The summed E-state index contributed by atoms with van der Waals surface area (Å²) in [5, 5.41) is 2.91. The number of hydrogen-bond acceptors (Lipinski definition) is 2. The van der Waals surface area contributed by atoms with E-state index in [-0.39, 0.29) is 5.91 Å². The number of carbonyl (C=O) groups is 1. The predicted molar refractivity (Wildman–Crippen MR) is 71.7 cm³/mol. The van der Waals surface area contributed by atoms with Crippen molar-refractivity contribution in [3.8, 4) is 5.75 Å². The van der Waals surface area contributed by atoms with Gasteiger partial charge in [0.25, 0.3) is 0 Å². The third-order valence-corrected chi connectivity index (χ3v) is 3.31. The van der Waals surface area contributed by atoms with Crippen LogP contribution in [0.5, 0.6) is 5.75 Å². The molecule has 0 saturated carbocycles. The molecule has 1 heterocycles. The molecule has 0 aromatic heterocycles. The van der Waals surface area contributed by atoms with E-state index in [1.807, 2.05) is 18.2 Å². The van der Waals surface area contributed by atoms with Crippen molar-refractivity contribution in [1.82, 2.24) is 5.32 Å². The van der Waals surface area contributed by atoms with Crippen molar-refractivity contribution in [1.29, 1.82) is 0 Å². The number of para-hydroxylation sites is 1. The molecule has 1 aliphatic rings. The summed E-state index contributed by atoms with van der Waals surface area (Å²) in [7, 11) is 0. The van der Waals surface area contributed by atoms with Gasteiger partial charge < -0.3 is 10.1 Å². The Morgan fingerprint density at radius 3 is 3.11 bits per heavy atom. The second-order valence-electron chi connectivity index (χ2n) is 4.88. The zero-order valence-corrected chi connectivity index (χ0v) is 10.9. The fraction of sp³-hybridized carbons (Fsp3) is 0.533. The van der Waals surface area contributed by atoms with Gasteiger partial charge in [-0.2, -0.15) is 0 Å². The number of rotatable bonds is 5. The smallest absolute Gasteiger partial charge is 0.220 e. The van der Waals surface area contributed by atoms with Gasteiger partial charge in [0.05, 0.1) is 6.61 Å². The minimum Gasteiger partial charge on any atom is -0.493 e. The molecule has 1 aromatic carbocycles. The molecule has 1 atom stereocenters. The molecule has 2 rings (SSSR count). The van der Waals surface area contributed by atoms with Crippen LogP contribution in [0.25, 0.3) is 0 Å². The van der Waals surface area contributed by atoms with E-state index in [2.05, 4.69) is 18.3 Å². The lowest BCUT2D eigenvalue weighted by Crippen LogP contribution is -2.26. The number of nitrogens with one attached hydrogen (secondary N) is 1. The van der Waals surface area contributed by atoms with Crippen molar-refractivity contribution in [3.05, 3.63) is 29.8 Å². The van der Waals surface area contributed by atoms with Gasteiger partial charge in [0.15, 0.2) is 0 Å². The molecule has 0 fully saturated rings. The van der Waals surface area contributed by atoms with Gasteiger partial charge >= 0.3 is 0 Å². The Hall–Kier alpha value is -1.51. The van der Waals surface area contributed by atoms with Gasteiger partial charge in [-0.15, -0.1) is 0 Å². The second kappa shape index (κ2) is 6.43. The Balaban J connectivity index is 1.78. The molecule has 0 bridgehead atoms. The maximum Gasteiger partial charge on any atom is 0.220 e. The van der Waals surface area contributed by atoms with Crippen molar-refractivity contribution in [2.45, 2.75) is 32.6 Å². The average Bonchev–Trinajstić information content (AvgIpc) is 2.42. The van der Waals surface area contributed by atoms with Crippen LogP contribution in [0.1, 0.15) is 31.7 Å². The molecule has 1 amide bonds.